The first-order chi connectivity index (χ1) is 10.0. The number of benzene rings is 1. The molecule has 0 saturated heterocycles. The molecule has 0 saturated carbocycles. The van der Waals surface area contributed by atoms with Gasteiger partial charge in [0.25, 0.3) is 5.56 Å². The maximum Gasteiger partial charge on any atom is 0.282 e. The SMILES string of the molecule is COc1ccccc1NC(=O)Cn1ncc(Br)c(Br)c1=O. The summed E-state index contributed by atoms with van der Waals surface area (Å²) in [6.45, 7) is -0.192. The molecule has 0 aliphatic heterocycles. The molecule has 1 N–H and O–H groups in total. The number of nitrogens with one attached hydrogen (secondary N) is 1. The highest BCUT2D eigenvalue weighted by Crippen LogP contribution is 2.23. The predicted octanol–water partition coefficient (Wildman–Crippen LogP) is 2.42. The monoisotopic (exact) mass is 415 g/mol. The van der Waals surface area contributed by atoms with Crippen LogP contribution in [-0.2, 0) is 11.3 Å². The first-order valence-corrected chi connectivity index (χ1v) is 7.45. The predicted molar refractivity (Wildman–Crippen MR) is 85.5 cm³/mol. The van der Waals surface area contributed by atoms with Gasteiger partial charge in [-0.1, -0.05) is 12.1 Å². The van der Waals surface area contributed by atoms with E-state index in [1.165, 1.54) is 13.3 Å². The van der Waals surface area contributed by atoms with Gasteiger partial charge >= 0.3 is 0 Å². The summed E-state index contributed by atoms with van der Waals surface area (Å²) in [4.78, 5) is 23.9. The van der Waals surface area contributed by atoms with Gasteiger partial charge in [0.05, 0.1) is 23.5 Å². The molecule has 1 heterocycles. The highest BCUT2D eigenvalue weighted by atomic mass is 79.9. The van der Waals surface area contributed by atoms with E-state index in [0.717, 1.165) is 4.68 Å². The Kier molecular flexibility index (Phi) is 5.13. The molecule has 1 aromatic carbocycles. The maximum atomic E-state index is 12.0. The Labute approximate surface area is 137 Å². The average Bonchev–Trinajstić information content (AvgIpc) is 2.48. The molecule has 21 heavy (non-hydrogen) atoms. The smallest absolute Gasteiger partial charge is 0.282 e. The second-order valence-corrected chi connectivity index (χ2v) is 5.67. The first kappa shape index (κ1) is 15.7. The number of ether oxygens (including phenoxy) is 1. The van der Waals surface area contributed by atoms with E-state index in [0.29, 0.717) is 20.4 Å². The topological polar surface area (TPSA) is 73.2 Å². The van der Waals surface area contributed by atoms with Gasteiger partial charge in [0.1, 0.15) is 16.8 Å². The number of amides is 1. The molecule has 1 amide bonds. The molecule has 0 fully saturated rings. The van der Waals surface area contributed by atoms with Crippen molar-refractivity contribution in [3.63, 3.8) is 0 Å². The van der Waals surface area contributed by atoms with Crippen LogP contribution in [0.15, 0.2) is 44.2 Å². The van der Waals surface area contributed by atoms with Crippen molar-refractivity contribution < 1.29 is 9.53 Å². The van der Waals surface area contributed by atoms with E-state index in [2.05, 4.69) is 42.3 Å². The number of hydrogen-bond acceptors (Lipinski definition) is 4. The Morgan fingerprint density at radius 1 is 1.38 bits per heavy atom. The van der Waals surface area contributed by atoms with Gasteiger partial charge in [-0.3, -0.25) is 9.59 Å². The lowest BCUT2D eigenvalue weighted by molar-refractivity contribution is -0.117. The van der Waals surface area contributed by atoms with Crippen LogP contribution in [0.25, 0.3) is 0 Å². The average molecular weight is 417 g/mol. The standard InChI is InChI=1S/C13H11Br2N3O3/c1-21-10-5-3-2-4-9(10)17-11(19)7-18-13(20)12(15)8(14)6-16-18/h2-6H,7H2,1H3,(H,17,19). The van der Waals surface area contributed by atoms with E-state index in [1.807, 2.05) is 0 Å². The quantitative estimate of drug-likeness (QED) is 0.830. The molecule has 8 heteroatoms. The zero-order chi connectivity index (χ0) is 15.4. The number of anilines is 1. The number of carbonyl (C=O) groups is 1. The summed E-state index contributed by atoms with van der Waals surface area (Å²) in [7, 11) is 1.52. The fraction of sp³-hybridized carbons (Fsp3) is 0.154. The van der Waals surface area contributed by atoms with Crippen molar-refractivity contribution in [2.24, 2.45) is 0 Å². The summed E-state index contributed by atoms with van der Waals surface area (Å²) in [5.41, 5.74) is 0.147. The third-order valence-electron chi connectivity index (χ3n) is 2.62. The van der Waals surface area contributed by atoms with Crippen LogP contribution in [-0.4, -0.2) is 22.8 Å². The van der Waals surface area contributed by atoms with Crippen molar-refractivity contribution in [2.75, 3.05) is 12.4 Å². The van der Waals surface area contributed by atoms with Crippen LogP contribution in [0.3, 0.4) is 0 Å². The van der Waals surface area contributed by atoms with Gasteiger partial charge in [-0.15, -0.1) is 0 Å². The van der Waals surface area contributed by atoms with Crippen LogP contribution in [0.2, 0.25) is 0 Å². The van der Waals surface area contributed by atoms with Gasteiger partial charge in [0.15, 0.2) is 0 Å². The molecule has 2 aromatic rings. The van der Waals surface area contributed by atoms with Gasteiger partial charge < -0.3 is 10.1 Å². The van der Waals surface area contributed by atoms with Crippen LogP contribution in [0.1, 0.15) is 0 Å². The lowest BCUT2D eigenvalue weighted by Gasteiger charge is -2.10. The Morgan fingerprint density at radius 2 is 2.10 bits per heavy atom. The number of rotatable bonds is 4. The van der Waals surface area contributed by atoms with Crippen LogP contribution in [0.4, 0.5) is 5.69 Å². The molecule has 6 nitrogen and oxygen atoms in total. The van der Waals surface area contributed by atoms with E-state index in [1.54, 1.807) is 24.3 Å². The number of hydrogen-bond donors (Lipinski definition) is 1. The Morgan fingerprint density at radius 3 is 2.81 bits per heavy atom. The number of methoxy groups -OCH3 is 1. The van der Waals surface area contributed by atoms with Crippen LogP contribution in [0.5, 0.6) is 5.75 Å². The molecule has 0 atom stereocenters. The molecule has 0 aliphatic carbocycles. The van der Waals surface area contributed by atoms with E-state index in [-0.39, 0.29) is 18.0 Å². The van der Waals surface area contributed by atoms with Crippen LogP contribution in [0, 0.1) is 0 Å². The summed E-state index contributed by atoms with van der Waals surface area (Å²) in [6.07, 6.45) is 1.45. The second kappa shape index (κ2) is 6.86. The van der Waals surface area contributed by atoms with Crippen LogP contribution >= 0.6 is 31.9 Å². The summed E-state index contributed by atoms with van der Waals surface area (Å²) in [5.74, 6) is 0.173. The van der Waals surface area contributed by atoms with Gasteiger partial charge in [-0.05, 0) is 44.0 Å². The van der Waals surface area contributed by atoms with E-state index in [9.17, 15) is 9.59 Å². The fourth-order valence-electron chi connectivity index (χ4n) is 1.63. The minimum Gasteiger partial charge on any atom is -0.495 e. The largest absolute Gasteiger partial charge is 0.495 e. The van der Waals surface area contributed by atoms with Crippen molar-refractivity contribution in [2.45, 2.75) is 6.54 Å². The Bertz CT molecular complexity index is 731. The normalized spacial score (nSPS) is 10.2. The van der Waals surface area contributed by atoms with Crippen LogP contribution < -0.4 is 15.6 Å². The van der Waals surface area contributed by atoms with Gasteiger partial charge in [-0.2, -0.15) is 5.10 Å². The molecule has 0 unspecified atom stereocenters. The molecule has 0 aliphatic rings. The zero-order valence-corrected chi connectivity index (χ0v) is 14.1. The maximum absolute atomic E-state index is 12.0. The lowest BCUT2D eigenvalue weighted by atomic mass is 10.3. The minimum absolute atomic E-state index is 0.192. The summed E-state index contributed by atoms with van der Waals surface area (Å²) < 4.78 is 7.07. The first-order valence-electron chi connectivity index (χ1n) is 5.87. The van der Waals surface area contributed by atoms with E-state index >= 15 is 0 Å². The molecule has 0 bridgehead atoms. The summed E-state index contributed by atoms with van der Waals surface area (Å²) in [6, 6.07) is 7.02. The number of nitrogens with zero attached hydrogens (tertiary/aromatic N) is 2. The van der Waals surface area contributed by atoms with Gasteiger partial charge in [0, 0.05) is 0 Å². The Hall–Kier alpha value is -1.67. The van der Waals surface area contributed by atoms with Crippen molar-refractivity contribution in [1.29, 1.82) is 0 Å². The lowest BCUT2D eigenvalue weighted by Crippen LogP contribution is -2.30. The Balaban J connectivity index is 2.16. The molecule has 0 spiro atoms. The summed E-state index contributed by atoms with van der Waals surface area (Å²) in [5, 5.41) is 6.58. The third-order valence-corrected chi connectivity index (χ3v) is 4.52. The number of para-hydroxylation sites is 2. The fourth-order valence-corrected chi connectivity index (χ4v) is 2.20. The number of aromatic nitrogens is 2. The van der Waals surface area contributed by atoms with Crippen molar-refractivity contribution >= 4 is 43.5 Å². The van der Waals surface area contributed by atoms with E-state index in [4.69, 9.17) is 4.74 Å². The molecule has 2 rings (SSSR count). The third kappa shape index (κ3) is 3.70. The number of carbonyl (C=O) groups excluding carboxylic acids is 1. The minimum atomic E-state index is -0.389. The highest BCUT2D eigenvalue weighted by molar-refractivity contribution is 9.13. The van der Waals surface area contributed by atoms with Crippen molar-refractivity contribution in [1.82, 2.24) is 9.78 Å². The summed E-state index contributed by atoms with van der Waals surface area (Å²) >= 11 is 6.32. The molecular weight excluding hydrogens is 406 g/mol. The molecule has 0 radical (unpaired) electrons. The zero-order valence-electron chi connectivity index (χ0n) is 11.0. The van der Waals surface area contributed by atoms with Gasteiger partial charge in [-0.25, -0.2) is 4.68 Å². The second-order valence-electron chi connectivity index (χ2n) is 4.02. The highest BCUT2D eigenvalue weighted by Gasteiger charge is 2.12. The molecule has 1 aromatic heterocycles. The van der Waals surface area contributed by atoms with Crippen molar-refractivity contribution in [3.05, 3.63) is 49.8 Å². The number of halogens is 2. The van der Waals surface area contributed by atoms with Crippen molar-refractivity contribution in [3.8, 4) is 5.75 Å². The van der Waals surface area contributed by atoms with E-state index < -0.39 is 0 Å². The van der Waals surface area contributed by atoms with Gasteiger partial charge in [0.2, 0.25) is 5.91 Å². The molecule has 110 valence electrons. The molecular formula is C13H11Br2N3O3.